The number of aliphatic hydroxyl groups is 1. The van der Waals surface area contributed by atoms with Crippen LogP contribution in [0.5, 0.6) is 0 Å². The molecule has 0 aliphatic heterocycles. The van der Waals surface area contributed by atoms with Crippen molar-refractivity contribution in [3.63, 3.8) is 0 Å². The third-order valence-corrected chi connectivity index (χ3v) is 6.96. The summed E-state index contributed by atoms with van der Waals surface area (Å²) in [5, 5.41) is 10.6. The van der Waals surface area contributed by atoms with Gasteiger partial charge < -0.3 is 9.76 Å². The first kappa shape index (κ1) is 21.5. The van der Waals surface area contributed by atoms with E-state index in [-0.39, 0.29) is 18.0 Å². The van der Waals surface area contributed by atoms with E-state index in [4.69, 9.17) is 4.65 Å². The molecule has 0 aliphatic rings. The van der Waals surface area contributed by atoms with Crippen LogP contribution in [0.2, 0.25) is 0 Å². The lowest BCUT2D eigenvalue weighted by molar-refractivity contribution is -0.0893. The molecule has 0 saturated heterocycles. The number of fused-ring (bicyclic) bond motifs is 1. The van der Waals surface area contributed by atoms with Crippen molar-refractivity contribution in [2.24, 2.45) is 0 Å². The summed E-state index contributed by atoms with van der Waals surface area (Å²) in [6, 6.07) is 7.70. The van der Waals surface area contributed by atoms with Crippen LogP contribution in [-0.4, -0.2) is 41.2 Å². The Morgan fingerprint density at radius 1 is 1.17 bits per heavy atom. The topological polar surface area (TPSA) is 81.4 Å². The van der Waals surface area contributed by atoms with Crippen molar-refractivity contribution in [3.05, 3.63) is 54.1 Å². The largest absolute Gasteiger partial charge is 0.427 e. The Morgan fingerprint density at radius 2 is 1.79 bits per heavy atom. The van der Waals surface area contributed by atoms with E-state index in [1.165, 1.54) is 24.4 Å². The normalized spacial score (nSPS) is 13.1. The molecule has 0 bridgehead atoms. The number of benzene rings is 1. The van der Waals surface area contributed by atoms with E-state index < -0.39 is 27.0 Å². The Morgan fingerprint density at radius 3 is 2.38 bits per heavy atom. The predicted molar refractivity (Wildman–Crippen MR) is 112 cm³/mol. The van der Waals surface area contributed by atoms with Crippen LogP contribution in [0.1, 0.15) is 33.3 Å². The van der Waals surface area contributed by atoms with Crippen LogP contribution in [0.15, 0.2) is 47.6 Å². The summed E-state index contributed by atoms with van der Waals surface area (Å²) in [6.45, 7) is 8.58. The third-order valence-electron chi connectivity index (χ3n) is 5.30. The van der Waals surface area contributed by atoms with E-state index in [0.717, 1.165) is 15.7 Å². The van der Waals surface area contributed by atoms with E-state index >= 15 is 0 Å². The molecule has 9 heteroatoms. The second kappa shape index (κ2) is 7.23. The lowest BCUT2D eigenvalue weighted by atomic mass is 9.83. The van der Waals surface area contributed by atoms with Gasteiger partial charge in [0.1, 0.15) is 5.82 Å². The summed E-state index contributed by atoms with van der Waals surface area (Å²) in [7, 11) is -3.95. The molecule has 154 valence electrons. The van der Waals surface area contributed by atoms with Crippen molar-refractivity contribution in [2.75, 3.05) is 0 Å². The summed E-state index contributed by atoms with van der Waals surface area (Å²) in [6.07, 6.45) is 2.38. The molecule has 29 heavy (non-hydrogen) atoms. The molecule has 0 atom stereocenters. The number of halogens is 1. The van der Waals surface area contributed by atoms with Crippen molar-refractivity contribution in [1.29, 1.82) is 0 Å². The monoisotopic (exact) mass is 418 g/mol. The number of pyridine rings is 1. The molecule has 0 unspecified atom stereocenters. The Labute approximate surface area is 170 Å². The molecule has 0 amide bonds. The molecule has 3 rings (SSSR count). The second-order valence-electron chi connectivity index (χ2n) is 8.15. The number of rotatable bonds is 6. The molecule has 2 aromatic heterocycles. The molecule has 3 aromatic rings. The van der Waals surface area contributed by atoms with Gasteiger partial charge in [0.2, 0.25) is 0 Å². The highest BCUT2D eigenvalue weighted by atomic mass is 32.2. The van der Waals surface area contributed by atoms with Crippen molar-refractivity contribution in [1.82, 2.24) is 8.96 Å². The highest BCUT2D eigenvalue weighted by molar-refractivity contribution is 7.90. The Hall–Kier alpha value is -2.23. The van der Waals surface area contributed by atoms with Crippen LogP contribution in [-0.2, 0) is 14.7 Å². The van der Waals surface area contributed by atoms with Crippen molar-refractivity contribution >= 4 is 34.0 Å². The number of aryl methyl sites for hydroxylation is 1. The van der Waals surface area contributed by atoms with Gasteiger partial charge in [0.15, 0.2) is 5.65 Å². The maximum atomic E-state index is 13.9. The molecular weight excluding hydrogens is 394 g/mol. The highest BCUT2D eigenvalue weighted by Crippen LogP contribution is 2.25. The number of nitrogens with zero attached hydrogens (tertiary/aromatic N) is 2. The summed E-state index contributed by atoms with van der Waals surface area (Å²) >= 11 is 0. The molecule has 0 spiro atoms. The maximum absolute atomic E-state index is 13.9. The second-order valence-corrected chi connectivity index (χ2v) is 9.97. The fourth-order valence-corrected chi connectivity index (χ4v) is 4.02. The van der Waals surface area contributed by atoms with Crippen LogP contribution in [0.3, 0.4) is 0 Å². The molecule has 6 nitrogen and oxygen atoms in total. The van der Waals surface area contributed by atoms with Gasteiger partial charge in [-0.2, -0.15) is 0 Å². The molecular formula is C20H24BFN2O4S. The molecule has 0 radical (unpaired) electrons. The molecule has 1 aromatic carbocycles. The average Bonchev–Trinajstić information content (AvgIpc) is 2.98. The van der Waals surface area contributed by atoms with Gasteiger partial charge in [-0.05, 0) is 58.3 Å². The van der Waals surface area contributed by atoms with Crippen molar-refractivity contribution in [2.45, 2.75) is 50.7 Å². The van der Waals surface area contributed by atoms with Crippen molar-refractivity contribution in [3.8, 4) is 0 Å². The minimum atomic E-state index is -3.93. The van der Waals surface area contributed by atoms with Crippen molar-refractivity contribution < 1.29 is 22.6 Å². The quantitative estimate of drug-likeness (QED) is 0.622. The van der Waals surface area contributed by atoms with E-state index in [1.54, 1.807) is 39.8 Å². The Balaban J connectivity index is 2.10. The highest BCUT2D eigenvalue weighted by Gasteiger charge is 2.36. The summed E-state index contributed by atoms with van der Waals surface area (Å²) in [5.74, 6) is -0.578. The molecule has 1 N–H and O–H groups in total. The summed E-state index contributed by atoms with van der Waals surface area (Å²) in [4.78, 5) is 4.11. The van der Waals surface area contributed by atoms with E-state index in [0.29, 0.717) is 10.8 Å². The standard InChI is InChI=1S/C20H24BFN2O4S/c1-13-6-8-15(9-7-13)29(26,27)24-12-17(16-10-14(22)11-23-18(16)24)21-28-20(4,5)19(2,3)25/h6-12,21,25H,1-5H3. The number of aromatic nitrogens is 2. The first-order valence-electron chi connectivity index (χ1n) is 9.17. The van der Waals surface area contributed by atoms with Gasteiger partial charge in [0, 0.05) is 11.6 Å². The fourth-order valence-electron chi connectivity index (χ4n) is 2.67. The van der Waals surface area contributed by atoms with E-state index in [1.807, 2.05) is 6.92 Å². The molecule has 2 heterocycles. The first-order chi connectivity index (χ1) is 13.3. The van der Waals surface area contributed by atoms with Crippen LogP contribution in [0.4, 0.5) is 4.39 Å². The zero-order valence-electron chi connectivity index (χ0n) is 17.1. The smallest absolute Gasteiger partial charge is 0.311 e. The van der Waals surface area contributed by atoms with Crippen LogP contribution < -0.4 is 5.46 Å². The lowest BCUT2D eigenvalue weighted by Crippen LogP contribution is -2.49. The Kier molecular flexibility index (Phi) is 5.36. The molecule has 0 saturated carbocycles. The van der Waals surface area contributed by atoms with Crippen LogP contribution in [0.25, 0.3) is 11.0 Å². The van der Waals surface area contributed by atoms with Gasteiger partial charge in [-0.15, -0.1) is 0 Å². The average molecular weight is 418 g/mol. The zero-order valence-corrected chi connectivity index (χ0v) is 17.9. The van der Waals surface area contributed by atoms with Crippen LogP contribution in [0, 0.1) is 12.7 Å². The first-order valence-corrected chi connectivity index (χ1v) is 10.6. The molecule has 0 aliphatic carbocycles. The van der Waals surface area contributed by atoms with Gasteiger partial charge in [0.05, 0.1) is 22.3 Å². The summed E-state index contributed by atoms with van der Waals surface area (Å²) in [5.41, 5.74) is -0.544. The summed E-state index contributed by atoms with van der Waals surface area (Å²) < 4.78 is 47.1. The lowest BCUT2D eigenvalue weighted by Gasteiger charge is -2.37. The fraction of sp³-hybridized carbons (Fsp3) is 0.350. The minimum absolute atomic E-state index is 0.0188. The van der Waals surface area contributed by atoms with E-state index in [9.17, 15) is 17.9 Å². The maximum Gasteiger partial charge on any atom is 0.311 e. The number of hydrogen-bond acceptors (Lipinski definition) is 5. The van der Waals surface area contributed by atoms with Crippen LogP contribution >= 0.6 is 0 Å². The van der Waals surface area contributed by atoms with E-state index in [2.05, 4.69) is 4.98 Å². The SMILES string of the molecule is Cc1ccc(S(=O)(=O)n2cc(BOC(C)(C)C(C)(C)O)c3cc(F)cnc32)cc1. The zero-order chi connectivity index (χ0) is 21.6. The molecule has 0 fully saturated rings. The number of hydrogen-bond donors (Lipinski definition) is 1. The van der Waals surface area contributed by atoms with Gasteiger partial charge >= 0.3 is 7.48 Å². The third kappa shape index (κ3) is 4.08. The van der Waals surface area contributed by atoms with Gasteiger partial charge in [0.25, 0.3) is 10.0 Å². The minimum Gasteiger partial charge on any atom is -0.427 e. The predicted octanol–water partition coefficient (Wildman–Crippen LogP) is 2.26. The van der Waals surface area contributed by atoms with Gasteiger partial charge in [-0.1, -0.05) is 17.7 Å². The van der Waals surface area contributed by atoms with Gasteiger partial charge in [-0.3, -0.25) is 0 Å². The van der Waals surface area contributed by atoms with Gasteiger partial charge in [-0.25, -0.2) is 21.8 Å². The Bertz CT molecular complexity index is 1150.